The van der Waals surface area contributed by atoms with Gasteiger partial charge in [-0.2, -0.15) is 5.10 Å². The average Bonchev–Trinajstić information content (AvgIpc) is 2.34. The number of hydrogen-bond acceptors (Lipinski definition) is 3. The van der Waals surface area contributed by atoms with Crippen LogP contribution in [-0.4, -0.2) is 36.0 Å². The zero-order chi connectivity index (χ0) is 6.69. The molecule has 0 unspecified atom stereocenters. The minimum absolute atomic E-state index is 0.965. The molecule has 1 rings (SSSR count). The van der Waals surface area contributed by atoms with Crippen molar-refractivity contribution in [2.75, 3.05) is 19.8 Å². The van der Waals surface area contributed by atoms with Crippen molar-refractivity contribution in [1.82, 2.24) is 9.91 Å². The molecule has 0 saturated heterocycles. The smallest absolute Gasteiger partial charge is 0.113 e. The molecule has 3 nitrogen and oxygen atoms in total. The van der Waals surface area contributed by atoms with Gasteiger partial charge < -0.3 is 4.90 Å². The molecule has 0 saturated carbocycles. The van der Waals surface area contributed by atoms with E-state index < -0.39 is 0 Å². The highest BCUT2D eigenvalue weighted by atomic mass is 15.6. The summed E-state index contributed by atoms with van der Waals surface area (Å²) < 4.78 is 0. The lowest BCUT2D eigenvalue weighted by atomic mass is 10.6. The van der Waals surface area contributed by atoms with E-state index in [-0.39, 0.29) is 0 Å². The Morgan fingerprint density at radius 3 is 2.56 bits per heavy atom. The third-order valence-electron chi connectivity index (χ3n) is 1.49. The van der Waals surface area contributed by atoms with Crippen molar-refractivity contribution in [3.63, 3.8) is 0 Å². The van der Waals surface area contributed by atoms with Gasteiger partial charge in [-0.1, -0.05) is 0 Å². The zero-order valence-electron chi connectivity index (χ0n) is 6.04. The number of nitrogens with zero attached hydrogens (tertiary/aromatic N) is 3. The molecule has 0 aromatic heterocycles. The summed E-state index contributed by atoms with van der Waals surface area (Å²) in [7, 11) is 0. The molecule has 0 spiro atoms. The Hall–Kier alpha value is -0.730. The van der Waals surface area contributed by atoms with E-state index in [9.17, 15) is 0 Å². The third kappa shape index (κ3) is 1.34. The Morgan fingerprint density at radius 1 is 1.44 bits per heavy atom. The first kappa shape index (κ1) is 6.39. The van der Waals surface area contributed by atoms with Crippen LogP contribution >= 0.6 is 0 Å². The standard InChI is InChI=1S/C6H13N3/c1-3-8-5-7-9(4-2)6-8/h5H,3-4,6H2,1-2H3. The third-order valence-corrected chi connectivity index (χ3v) is 1.49. The molecule has 0 amide bonds. The van der Waals surface area contributed by atoms with Gasteiger partial charge >= 0.3 is 0 Å². The predicted octanol–water partition coefficient (Wildman–Crippen LogP) is 0.545. The van der Waals surface area contributed by atoms with Gasteiger partial charge in [0.25, 0.3) is 0 Å². The van der Waals surface area contributed by atoms with Crippen LogP contribution in [0.25, 0.3) is 0 Å². The van der Waals surface area contributed by atoms with Crippen LogP contribution in [0.4, 0.5) is 0 Å². The van der Waals surface area contributed by atoms with Gasteiger partial charge in [-0.15, -0.1) is 0 Å². The van der Waals surface area contributed by atoms with E-state index in [2.05, 4.69) is 23.8 Å². The second-order valence-corrected chi connectivity index (χ2v) is 2.10. The Balaban J connectivity index is 2.31. The summed E-state index contributed by atoms with van der Waals surface area (Å²) in [5.74, 6) is 0. The molecule has 0 N–H and O–H groups in total. The van der Waals surface area contributed by atoms with E-state index in [0.717, 1.165) is 19.8 Å². The summed E-state index contributed by atoms with van der Waals surface area (Å²) in [5.41, 5.74) is 0. The molecule has 0 aromatic rings. The van der Waals surface area contributed by atoms with Crippen LogP contribution in [0, 0.1) is 0 Å². The van der Waals surface area contributed by atoms with Crippen molar-refractivity contribution in [2.24, 2.45) is 5.10 Å². The molecule has 0 fully saturated rings. The first-order valence-corrected chi connectivity index (χ1v) is 3.40. The lowest BCUT2D eigenvalue weighted by Crippen LogP contribution is -2.25. The van der Waals surface area contributed by atoms with Crippen molar-refractivity contribution in [3.05, 3.63) is 0 Å². The van der Waals surface area contributed by atoms with Crippen LogP contribution in [0.2, 0.25) is 0 Å². The summed E-state index contributed by atoms with van der Waals surface area (Å²) in [4.78, 5) is 2.17. The second-order valence-electron chi connectivity index (χ2n) is 2.10. The van der Waals surface area contributed by atoms with E-state index in [1.165, 1.54) is 0 Å². The van der Waals surface area contributed by atoms with E-state index in [1.807, 2.05) is 11.3 Å². The van der Waals surface area contributed by atoms with E-state index in [0.29, 0.717) is 0 Å². The average molecular weight is 127 g/mol. The van der Waals surface area contributed by atoms with Crippen LogP contribution in [0.15, 0.2) is 5.10 Å². The lowest BCUT2D eigenvalue weighted by Gasteiger charge is -2.14. The van der Waals surface area contributed by atoms with E-state index in [1.54, 1.807) is 0 Å². The minimum Gasteiger partial charge on any atom is -0.342 e. The van der Waals surface area contributed by atoms with Crippen molar-refractivity contribution in [2.45, 2.75) is 13.8 Å². The Bertz CT molecular complexity index is 98.9. The van der Waals surface area contributed by atoms with E-state index in [4.69, 9.17) is 0 Å². The van der Waals surface area contributed by atoms with Gasteiger partial charge in [0.05, 0.1) is 0 Å². The van der Waals surface area contributed by atoms with Crippen molar-refractivity contribution in [1.29, 1.82) is 0 Å². The molecule has 9 heavy (non-hydrogen) atoms. The summed E-state index contributed by atoms with van der Waals surface area (Å²) in [6, 6.07) is 0. The Morgan fingerprint density at radius 2 is 2.22 bits per heavy atom. The summed E-state index contributed by atoms with van der Waals surface area (Å²) in [5, 5.41) is 6.17. The fourth-order valence-electron chi connectivity index (χ4n) is 0.792. The van der Waals surface area contributed by atoms with Crippen LogP contribution < -0.4 is 0 Å². The van der Waals surface area contributed by atoms with Crippen LogP contribution in [-0.2, 0) is 0 Å². The second kappa shape index (κ2) is 2.71. The zero-order valence-corrected chi connectivity index (χ0v) is 6.04. The van der Waals surface area contributed by atoms with Crippen molar-refractivity contribution in [3.8, 4) is 0 Å². The SMILES string of the molecule is CCN1C=NN(CC)C1. The van der Waals surface area contributed by atoms with Gasteiger partial charge in [-0.05, 0) is 13.8 Å². The largest absolute Gasteiger partial charge is 0.342 e. The first-order valence-electron chi connectivity index (χ1n) is 3.40. The normalized spacial score (nSPS) is 17.6. The molecule has 3 heteroatoms. The van der Waals surface area contributed by atoms with Gasteiger partial charge in [0.2, 0.25) is 0 Å². The maximum Gasteiger partial charge on any atom is 0.113 e. The van der Waals surface area contributed by atoms with Crippen molar-refractivity contribution >= 4 is 6.34 Å². The fourth-order valence-corrected chi connectivity index (χ4v) is 0.792. The van der Waals surface area contributed by atoms with Crippen molar-refractivity contribution < 1.29 is 0 Å². The minimum atomic E-state index is 0.965. The molecular weight excluding hydrogens is 114 g/mol. The molecule has 52 valence electrons. The van der Waals surface area contributed by atoms with Crippen LogP contribution in [0.1, 0.15) is 13.8 Å². The topological polar surface area (TPSA) is 18.8 Å². The maximum atomic E-state index is 4.14. The highest BCUT2D eigenvalue weighted by molar-refractivity contribution is 5.55. The predicted molar refractivity (Wildman–Crippen MR) is 38.1 cm³/mol. The van der Waals surface area contributed by atoms with Crippen LogP contribution in [0.5, 0.6) is 0 Å². The highest BCUT2D eigenvalue weighted by Gasteiger charge is 2.07. The van der Waals surface area contributed by atoms with Gasteiger partial charge in [0.15, 0.2) is 0 Å². The monoisotopic (exact) mass is 127 g/mol. The Kier molecular flexibility index (Phi) is 1.92. The molecule has 1 heterocycles. The molecule has 1 aliphatic heterocycles. The van der Waals surface area contributed by atoms with Gasteiger partial charge in [0, 0.05) is 13.1 Å². The Labute approximate surface area is 55.9 Å². The molecule has 0 aromatic carbocycles. The molecule has 0 atom stereocenters. The summed E-state index contributed by atoms with van der Waals surface area (Å²) in [6.45, 7) is 7.27. The fraction of sp³-hybridized carbons (Fsp3) is 0.833. The van der Waals surface area contributed by atoms with E-state index >= 15 is 0 Å². The van der Waals surface area contributed by atoms with Gasteiger partial charge in [0.1, 0.15) is 13.0 Å². The number of hydrogen-bond donors (Lipinski definition) is 0. The first-order chi connectivity index (χ1) is 4.36. The molecule has 0 radical (unpaired) electrons. The highest BCUT2D eigenvalue weighted by Crippen LogP contribution is 1.98. The number of hydrazone groups is 1. The molecule has 0 bridgehead atoms. The van der Waals surface area contributed by atoms with Gasteiger partial charge in [-0.3, -0.25) is 5.01 Å². The summed E-state index contributed by atoms with van der Waals surface area (Å²) >= 11 is 0. The van der Waals surface area contributed by atoms with Gasteiger partial charge in [-0.25, -0.2) is 0 Å². The summed E-state index contributed by atoms with van der Waals surface area (Å²) in [6.07, 6.45) is 1.89. The maximum absolute atomic E-state index is 4.14. The van der Waals surface area contributed by atoms with Crippen LogP contribution in [0.3, 0.4) is 0 Å². The number of rotatable bonds is 2. The quantitative estimate of drug-likeness (QED) is 0.539. The lowest BCUT2D eigenvalue weighted by molar-refractivity contribution is 0.251. The molecule has 0 aliphatic carbocycles. The molecular formula is C6H13N3. The molecule has 1 aliphatic rings.